The summed E-state index contributed by atoms with van der Waals surface area (Å²) in [4.78, 5) is 29.2. The molecule has 25 heavy (non-hydrogen) atoms. The van der Waals surface area contributed by atoms with E-state index in [0.29, 0.717) is 0 Å². The molecule has 2 rings (SSSR count). The minimum atomic E-state index is -0.788. The van der Waals surface area contributed by atoms with Crippen LogP contribution in [0.1, 0.15) is 41.5 Å². The molecule has 1 aromatic carbocycles. The van der Waals surface area contributed by atoms with E-state index < -0.39 is 23.2 Å². The highest BCUT2D eigenvalue weighted by atomic mass is 79.9. The zero-order valence-electron chi connectivity index (χ0n) is 13.8. The van der Waals surface area contributed by atoms with Crippen LogP contribution < -0.4 is 5.43 Å². The molecule has 0 saturated carbocycles. The Morgan fingerprint density at radius 2 is 1.92 bits per heavy atom. The van der Waals surface area contributed by atoms with Gasteiger partial charge in [0.25, 0.3) is 11.8 Å². The number of carbonyl (C=O) groups excluding carboxylic acids is 2. The van der Waals surface area contributed by atoms with Gasteiger partial charge < -0.3 is 0 Å². The molecule has 0 bridgehead atoms. The molecule has 1 aromatic heterocycles. The number of nitrogens with one attached hydrogen (secondary N) is 1. The van der Waals surface area contributed by atoms with Crippen LogP contribution in [0, 0.1) is 5.82 Å². The lowest BCUT2D eigenvalue weighted by Gasteiger charge is -2.35. The van der Waals surface area contributed by atoms with Crippen LogP contribution in [-0.2, 0) is 0 Å². The Hall–Kier alpha value is -1.99. The molecular weight excluding hydrogens is 413 g/mol. The van der Waals surface area contributed by atoms with Crippen LogP contribution in [0.4, 0.5) is 4.39 Å². The van der Waals surface area contributed by atoms with Gasteiger partial charge >= 0.3 is 0 Å². The lowest BCUT2D eigenvalue weighted by Crippen LogP contribution is -2.56. The van der Waals surface area contributed by atoms with Gasteiger partial charge in [-0.3, -0.25) is 15.0 Å². The van der Waals surface area contributed by atoms with Crippen LogP contribution in [0.2, 0.25) is 5.15 Å². The lowest BCUT2D eigenvalue weighted by molar-refractivity contribution is 0.0356. The Bertz CT molecular complexity index is 804. The molecule has 0 spiro atoms. The quantitative estimate of drug-likeness (QED) is 0.575. The summed E-state index contributed by atoms with van der Waals surface area (Å²) < 4.78 is 14.3. The molecule has 0 radical (unpaired) electrons. The fraction of sp³-hybridized carbons (Fsp3) is 0.235. The third-order valence-corrected chi connectivity index (χ3v) is 4.23. The number of aromatic nitrogens is 1. The average Bonchev–Trinajstić information content (AvgIpc) is 2.51. The first-order chi connectivity index (χ1) is 11.6. The fourth-order valence-corrected chi connectivity index (χ4v) is 2.78. The van der Waals surface area contributed by atoms with Crippen molar-refractivity contribution >= 4 is 39.3 Å². The van der Waals surface area contributed by atoms with Gasteiger partial charge in [0.05, 0.1) is 16.7 Å². The zero-order valence-corrected chi connectivity index (χ0v) is 16.2. The molecule has 8 heteroatoms. The van der Waals surface area contributed by atoms with Crippen molar-refractivity contribution in [2.45, 2.75) is 26.3 Å². The fourth-order valence-electron chi connectivity index (χ4n) is 2.06. The molecule has 1 heterocycles. The predicted molar refractivity (Wildman–Crippen MR) is 96.7 cm³/mol. The zero-order chi connectivity index (χ0) is 18.8. The van der Waals surface area contributed by atoms with Crippen LogP contribution in [0.15, 0.2) is 41.0 Å². The van der Waals surface area contributed by atoms with Gasteiger partial charge in [0.15, 0.2) is 0 Å². The van der Waals surface area contributed by atoms with Gasteiger partial charge in [-0.15, -0.1) is 0 Å². The number of rotatable bonds is 2. The van der Waals surface area contributed by atoms with Crippen molar-refractivity contribution in [1.29, 1.82) is 0 Å². The largest absolute Gasteiger partial charge is 0.275 e. The molecule has 0 aliphatic rings. The Labute approximate surface area is 158 Å². The summed E-state index contributed by atoms with van der Waals surface area (Å²) in [7, 11) is 0. The lowest BCUT2D eigenvalue weighted by atomic mass is 10.1. The van der Waals surface area contributed by atoms with Crippen molar-refractivity contribution in [3.63, 3.8) is 0 Å². The second-order valence-electron chi connectivity index (χ2n) is 6.19. The smallest absolute Gasteiger partial charge is 0.267 e. The van der Waals surface area contributed by atoms with E-state index in [1.165, 1.54) is 24.4 Å². The van der Waals surface area contributed by atoms with E-state index in [-0.39, 0.29) is 20.8 Å². The van der Waals surface area contributed by atoms with Crippen LogP contribution in [-0.4, -0.2) is 27.3 Å². The first-order valence-electron chi connectivity index (χ1n) is 7.33. The third kappa shape index (κ3) is 4.35. The van der Waals surface area contributed by atoms with E-state index in [1.54, 1.807) is 32.9 Å². The molecule has 0 unspecified atom stereocenters. The number of halogens is 3. The minimum Gasteiger partial charge on any atom is -0.267 e. The standard InChI is InChI=1S/C17H16BrClFN3O2/c1-17(2,3)23(16(25)10-6-5-9-21-14(10)19)22-15(24)13-11(18)7-4-8-12(13)20/h4-9H,1-3H3,(H,22,24). The van der Waals surface area contributed by atoms with E-state index in [4.69, 9.17) is 11.6 Å². The Kier molecular flexibility index (Phi) is 5.80. The van der Waals surface area contributed by atoms with Gasteiger partial charge in [0.2, 0.25) is 0 Å². The van der Waals surface area contributed by atoms with Crippen molar-refractivity contribution in [3.8, 4) is 0 Å². The highest BCUT2D eigenvalue weighted by Crippen LogP contribution is 2.22. The van der Waals surface area contributed by atoms with E-state index >= 15 is 0 Å². The topological polar surface area (TPSA) is 62.3 Å². The van der Waals surface area contributed by atoms with Gasteiger partial charge in [-0.1, -0.05) is 17.7 Å². The second kappa shape index (κ2) is 7.49. The van der Waals surface area contributed by atoms with Crippen molar-refractivity contribution < 1.29 is 14.0 Å². The summed E-state index contributed by atoms with van der Waals surface area (Å²) in [6, 6.07) is 7.25. The van der Waals surface area contributed by atoms with Crippen molar-refractivity contribution in [2.75, 3.05) is 0 Å². The molecule has 1 N–H and O–H groups in total. The number of benzene rings is 1. The molecule has 0 fully saturated rings. The average molecular weight is 429 g/mol. The Morgan fingerprint density at radius 3 is 2.48 bits per heavy atom. The van der Waals surface area contributed by atoms with Crippen molar-refractivity contribution in [2.24, 2.45) is 0 Å². The first-order valence-corrected chi connectivity index (χ1v) is 8.50. The van der Waals surface area contributed by atoms with Gasteiger partial charge in [0, 0.05) is 10.7 Å². The van der Waals surface area contributed by atoms with Gasteiger partial charge in [0.1, 0.15) is 11.0 Å². The molecule has 0 saturated heterocycles. The minimum absolute atomic E-state index is 0.0167. The SMILES string of the molecule is CC(C)(C)N(NC(=O)c1c(F)cccc1Br)C(=O)c1cccnc1Cl. The summed E-state index contributed by atoms with van der Waals surface area (Å²) >= 11 is 9.12. The van der Waals surface area contributed by atoms with Gasteiger partial charge in [-0.25, -0.2) is 14.4 Å². The summed E-state index contributed by atoms with van der Waals surface area (Å²) in [6.45, 7) is 5.18. The van der Waals surface area contributed by atoms with E-state index in [0.717, 1.165) is 5.01 Å². The maximum Gasteiger partial charge on any atom is 0.275 e. The van der Waals surface area contributed by atoms with Crippen LogP contribution in [0.25, 0.3) is 0 Å². The number of hydrogen-bond donors (Lipinski definition) is 1. The maximum absolute atomic E-state index is 14.0. The molecule has 0 atom stereocenters. The number of carbonyl (C=O) groups is 2. The molecule has 5 nitrogen and oxygen atoms in total. The van der Waals surface area contributed by atoms with E-state index in [1.807, 2.05) is 0 Å². The van der Waals surface area contributed by atoms with Gasteiger partial charge in [-0.05, 0) is 61.0 Å². The summed E-state index contributed by atoms with van der Waals surface area (Å²) in [5.41, 5.74) is 1.62. The summed E-state index contributed by atoms with van der Waals surface area (Å²) in [5.74, 6) is -2.01. The Balaban J connectivity index is 2.38. The molecule has 132 valence electrons. The summed E-state index contributed by atoms with van der Waals surface area (Å²) in [5, 5.41) is 1.12. The normalized spacial score (nSPS) is 11.1. The Morgan fingerprint density at radius 1 is 1.24 bits per heavy atom. The van der Waals surface area contributed by atoms with Crippen molar-refractivity contribution in [1.82, 2.24) is 15.4 Å². The van der Waals surface area contributed by atoms with Gasteiger partial charge in [-0.2, -0.15) is 0 Å². The van der Waals surface area contributed by atoms with Crippen molar-refractivity contribution in [3.05, 3.63) is 63.1 Å². The molecule has 2 aromatic rings. The molecular formula is C17H16BrClFN3O2. The maximum atomic E-state index is 14.0. The first kappa shape index (κ1) is 19.3. The second-order valence-corrected chi connectivity index (χ2v) is 7.40. The number of hydrogen-bond acceptors (Lipinski definition) is 3. The van der Waals surface area contributed by atoms with Crippen LogP contribution >= 0.6 is 27.5 Å². The highest BCUT2D eigenvalue weighted by molar-refractivity contribution is 9.10. The molecule has 2 amide bonds. The number of nitrogens with zero attached hydrogens (tertiary/aromatic N) is 2. The molecule has 0 aliphatic heterocycles. The molecule has 0 aliphatic carbocycles. The predicted octanol–water partition coefficient (Wildman–Crippen LogP) is 4.22. The van der Waals surface area contributed by atoms with Crippen LogP contribution in [0.3, 0.4) is 0 Å². The van der Waals surface area contributed by atoms with Crippen LogP contribution in [0.5, 0.6) is 0 Å². The van der Waals surface area contributed by atoms with E-state index in [2.05, 4.69) is 26.3 Å². The third-order valence-electron chi connectivity index (χ3n) is 3.27. The summed E-state index contributed by atoms with van der Waals surface area (Å²) in [6.07, 6.45) is 1.45. The number of amides is 2. The number of hydrazine groups is 1. The highest BCUT2D eigenvalue weighted by Gasteiger charge is 2.32. The monoisotopic (exact) mass is 427 g/mol. The number of pyridine rings is 1. The van der Waals surface area contributed by atoms with E-state index in [9.17, 15) is 14.0 Å².